The lowest BCUT2D eigenvalue weighted by atomic mass is 9.72. The quantitative estimate of drug-likeness (QED) is 0.166. The Bertz CT molecular complexity index is 3280. The van der Waals surface area contributed by atoms with E-state index < -0.39 is 0 Å². The number of benzene rings is 9. The lowest BCUT2D eigenvalue weighted by Gasteiger charge is -2.31. The standard InChI is InChI=1S/C36H32.C19H17N.C8H12.C7H8/c1-22-14-16-23(17-15-22)20-24-21-31-32(27-12-7-6-10-25(24)27)29-19-18-28-26-11-8-9-13-30(26)35(2,3)33(28)34(29)36(31,4)5;1-16-12-14-19(15-13-16)20(17-8-4-2-5-9-17)18-10-6-3-7-11-18;1-7-4-3-5-8(2)6-7;1-7-5-3-2-4-6-7/h6-19,21H,20H2,1-5H3;2-15H,1H3;3-4,6,8H,5H2,1-2H3;2-6H,1H3. The van der Waals surface area contributed by atoms with Gasteiger partial charge in [0.05, 0.1) is 0 Å². The van der Waals surface area contributed by atoms with Crippen LogP contribution in [0.2, 0.25) is 0 Å². The predicted octanol–water partition coefficient (Wildman–Crippen LogP) is 19.3. The van der Waals surface area contributed by atoms with Gasteiger partial charge in [0.15, 0.2) is 0 Å². The summed E-state index contributed by atoms with van der Waals surface area (Å²) in [5.74, 6) is 0.764. The van der Waals surface area contributed by atoms with Gasteiger partial charge in [-0.15, -0.1) is 0 Å². The van der Waals surface area contributed by atoms with Gasteiger partial charge in [0.25, 0.3) is 0 Å². The summed E-state index contributed by atoms with van der Waals surface area (Å²) < 4.78 is 0. The molecule has 0 radical (unpaired) electrons. The van der Waals surface area contributed by atoms with Gasteiger partial charge >= 0.3 is 0 Å². The molecular weight excluding hydrogens is 855 g/mol. The maximum atomic E-state index is 2.53. The van der Waals surface area contributed by atoms with Crippen LogP contribution < -0.4 is 4.90 Å². The maximum Gasteiger partial charge on any atom is 0.0461 e. The minimum absolute atomic E-state index is 0.0168. The summed E-state index contributed by atoms with van der Waals surface area (Å²) in [7, 11) is 0. The Morgan fingerprint density at radius 2 is 0.930 bits per heavy atom. The van der Waals surface area contributed by atoms with Crippen LogP contribution in [0, 0.1) is 26.7 Å². The molecule has 0 amide bonds. The van der Waals surface area contributed by atoms with Crippen molar-refractivity contribution in [2.45, 2.75) is 86.0 Å². The van der Waals surface area contributed by atoms with Gasteiger partial charge in [0.2, 0.25) is 0 Å². The summed E-state index contributed by atoms with van der Waals surface area (Å²) in [6.07, 6.45) is 8.90. The highest BCUT2D eigenvalue weighted by molar-refractivity contribution is 6.05. The molecule has 0 aromatic heterocycles. The number of aryl methyl sites for hydroxylation is 3. The van der Waals surface area contributed by atoms with Gasteiger partial charge in [0, 0.05) is 27.9 Å². The van der Waals surface area contributed by atoms with Crippen LogP contribution in [-0.2, 0) is 17.3 Å². The molecular formula is C70H69N. The largest absolute Gasteiger partial charge is 0.311 e. The summed E-state index contributed by atoms with van der Waals surface area (Å²) in [6.45, 7) is 20.5. The van der Waals surface area contributed by atoms with Gasteiger partial charge in [-0.25, -0.2) is 0 Å². The molecule has 3 aliphatic rings. The molecule has 9 aromatic rings. The van der Waals surface area contributed by atoms with Crippen molar-refractivity contribution in [1.29, 1.82) is 0 Å². The minimum atomic E-state index is -0.0681. The van der Waals surface area contributed by atoms with Crippen molar-refractivity contribution in [1.82, 2.24) is 0 Å². The molecule has 1 heteroatoms. The highest BCUT2D eigenvalue weighted by Crippen LogP contribution is 2.60. The Morgan fingerprint density at radius 1 is 0.451 bits per heavy atom. The second-order valence-corrected chi connectivity index (χ2v) is 20.9. The number of rotatable bonds is 5. The van der Waals surface area contributed by atoms with E-state index in [-0.39, 0.29) is 10.8 Å². The summed E-state index contributed by atoms with van der Waals surface area (Å²) in [6, 6.07) is 74.2. The molecule has 0 N–H and O–H groups in total. The SMILES string of the molecule is CC1=CC(C)CC=C1.Cc1ccc(Cc2cc3c(c4ccccc24)-c2ccc4c(c2C3(C)C)C(C)(C)c2ccccc2-4)cc1.Cc1ccc(N(c2ccccc2)c2ccccc2)cc1.Cc1ccccc1. The molecule has 354 valence electrons. The van der Waals surface area contributed by atoms with E-state index in [1.54, 1.807) is 0 Å². The van der Waals surface area contributed by atoms with Crippen LogP contribution in [0.3, 0.4) is 0 Å². The van der Waals surface area contributed by atoms with Crippen LogP contribution >= 0.6 is 0 Å². The van der Waals surface area contributed by atoms with Gasteiger partial charge in [-0.1, -0.05) is 245 Å². The van der Waals surface area contributed by atoms with Crippen molar-refractivity contribution in [3.05, 3.63) is 280 Å². The Kier molecular flexibility index (Phi) is 14.3. The van der Waals surface area contributed by atoms with E-state index in [9.17, 15) is 0 Å². The first-order valence-corrected chi connectivity index (χ1v) is 25.5. The molecule has 1 nitrogen and oxygen atoms in total. The van der Waals surface area contributed by atoms with Crippen LogP contribution in [-0.4, -0.2) is 0 Å². The molecule has 9 aromatic carbocycles. The van der Waals surface area contributed by atoms with Gasteiger partial charge < -0.3 is 4.90 Å². The van der Waals surface area contributed by atoms with E-state index in [1.807, 2.05) is 30.3 Å². The summed E-state index contributed by atoms with van der Waals surface area (Å²) >= 11 is 0. The van der Waals surface area contributed by atoms with Crippen LogP contribution in [0.25, 0.3) is 33.0 Å². The zero-order chi connectivity index (χ0) is 49.7. The van der Waals surface area contributed by atoms with E-state index in [0.29, 0.717) is 0 Å². The normalized spacial score (nSPS) is 14.9. The van der Waals surface area contributed by atoms with Gasteiger partial charge in [0.1, 0.15) is 0 Å². The molecule has 0 heterocycles. The molecule has 0 saturated carbocycles. The zero-order valence-corrected chi connectivity index (χ0v) is 43.3. The van der Waals surface area contributed by atoms with Crippen LogP contribution in [0.1, 0.15) is 98.0 Å². The van der Waals surface area contributed by atoms with Gasteiger partial charge in [-0.05, 0) is 149 Å². The second-order valence-electron chi connectivity index (χ2n) is 20.9. The van der Waals surface area contributed by atoms with E-state index in [4.69, 9.17) is 0 Å². The first-order chi connectivity index (χ1) is 34.3. The maximum absolute atomic E-state index is 2.53. The fourth-order valence-corrected chi connectivity index (χ4v) is 11.0. The molecule has 12 rings (SSSR count). The fraction of sp³-hybridized carbons (Fsp3) is 0.200. The second kappa shape index (κ2) is 20.9. The Hall–Kier alpha value is -7.48. The van der Waals surface area contributed by atoms with Crippen molar-refractivity contribution in [2.24, 2.45) is 5.92 Å². The minimum Gasteiger partial charge on any atom is -0.311 e. The van der Waals surface area contributed by atoms with Gasteiger partial charge in [-0.3, -0.25) is 0 Å². The van der Waals surface area contributed by atoms with Crippen molar-refractivity contribution < 1.29 is 0 Å². The summed E-state index contributed by atoms with van der Waals surface area (Å²) in [4.78, 5) is 2.26. The molecule has 0 bridgehead atoms. The topological polar surface area (TPSA) is 3.24 Å². The molecule has 3 aliphatic carbocycles. The summed E-state index contributed by atoms with van der Waals surface area (Å²) in [5, 5.41) is 2.76. The molecule has 0 saturated heterocycles. The number of para-hydroxylation sites is 2. The molecule has 0 aliphatic heterocycles. The van der Waals surface area contributed by atoms with E-state index in [1.165, 1.54) is 112 Å². The smallest absolute Gasteiger partial charge is 0.0461 e. The number of hydrogen-bond donors (Lipinski definition) is 0. The molecule has 1 atom stereocenters. The number of nitrogens with zero attached hydrogens (tertiary/aromatic N) is 1. The average Bonchev–Trinajstić information content (AvgIpc) is 3.76. The third-order valence-corrected chi connectivity index (χ3v) is 14.6. The fourth-order valence-electron chi connectivity index (χ4n) is 11.0. The first kappa shape index (κ1) is 48.5. The Balaban J connectivity index is 0.000000148. The molecule has 1 unspecified atom stereocenters. The molecule has 0 fully saturated rings. The Morgan fingerprint density at radius 3 is 1.49 bits per heavy atom. The van der Waals surface area contributed by atoms with Crippen LogP contribution in [0.4, 0.5) is 17.1 Å². The Labute approximate surface area is 424 Å². The van der Waals surface area contributed by atoms with Crippen molar-refractivity contribution >= 4 is 27.8 Å². The van der Waals surface area contributed by atoms with Crippen LogP contribution in [0.15, 0.2) is 230 Å². The third kappa shape index (κ3) is 10.2. The molecule has 71 heavy (non-hydrogen) atoms. The highest BCUT2D eigenvalue weighted by atomic mass is 15.1. The van der Waals surface area contributed by atoms with E-state index >= 15 is 0 Å². The summed E-state index contributed by atoms with van der Waals surface area (Å²) in [5.41, 5.74) is 23.2. The highest BCUT2D eigenvalue weighted by Gasteiger charge is 2.46. The average molecular weight is 924 g/mol. The monoisotopic (exact) mass is 924 g/mol. The number of hydrogen-bond acceptors (Lipinski definition) is 1. The van der Waals surface area contributed by atoms with Gasteiger partial charge in [-0.2, -0.15) is 0 Å². The van der Waals surface area contributed by atoms with Crippen molar-refractivity contribution in [3.8, 4) is 22.3 Å². The zero-order valence-electron chi connectivity index (χ0n) is 43.3. The lowest BCUT2D eigenvalue weighted by molar-refractivity contribution is 0.601. The van der Waals surface area contributed by atoms with Crippen molar-refractivity contribution in [3.63, 3.8) is 0 Å². The lowest BCUT2D eigenvalue weighted by Crippen LogP contribution is -2.24. The first-order valence-electron chi connectivity index (χ1n) is 25.5. The molecule has 0 spiro atoms. The van der Waals surface area contributed by atoms with E-state index in [0.717, 1.165) is 12.3 Å². The number of fused-ring (bicyclic) bond motifs is 9. The number of anilines is 3. The van der Waals surface area contributed by atoms with E-state index in [2.05, 4.69) is 261 Å². The number of allylic oxidation sites excluding steroid dienone is 4. The predicted molar refractivity (Wildman–Crippen MR) is 307 cm³/mol. The van der Waals surface area contributed by atoms with Crippen molar-refractivity contribution in [2.75, 3.05) is 4.90 Å². The van der Waals surface area contributed by atoms with Crippen LogP contribution in [0.5, 0.6) is 0 Å². The third-order valence-electron chi connectivity index (χ3n) is 14.6.